The van der Waals surface area contributed by atoms with Crippen molar-refractivity contribution in [3.63, 3.8) is 0 Å². The van der Waals surface area contributed by atoms with E-state index < -0.39 is 30.0 Å². The second kappa shape index (κ2) is 7.98. The summed E-state index contributed by atoms with van der Waals surface area (Å²) in [7, 11) is 0. The molecule has 0 aliphatic carbocycles. The number of nitrogens with zero attached hydrogens (tertiary/aromatic N) is 3. The number of rotatable bonds is 6. The number of hydrogen-bond donors (Lipinski definition) is 2. The summed E-state index contributed by atoms with van der Waals surface area (Å²) in [4.78, 5) is 39.9. The lowest BCUT2D eigenvalue weighted by atomic mass is 9.89. The van der Waals surface area contributed by atoms with Gasteiger partial charge < -0.3 is 15.8 Å². The predicted octanol–water partition coefficient (Wildman–Crippen LogP) is 2.36. The van der Waals surface area contributed by atoms with Gasteiger partial charge in [0.1, 0.15) is 12.1 Å². The normalized spacial score (nSPS) is 19.2. The molecule has 0 saturated carbocycles. The van der Waals surface area contributed by atoms with E-state index in [0.717, 1.165) is 27.2 Å². The highest BCUT2D eigenvalue weighted by Gasteiger charge is 2.55. The molecule has 3 amide bonds. The Labute approximate surface area is 174 Å². The van der Waals surface area contributed by atoms with E-state index in [-0.39, 0.29) is 6.54 Å². The zero-order chi connectivity index (χ0) is 22.1. The first-order valence-corrected chi connectivity index (χ1v) is 9.43. The summed E-state index contributed by atoms with van der Waals surface area (Å²) in [6.07, 6.45) is 1.47. The van der Waals surface area contributed by atoms with Crippen molar-refractivity contribution in [3.05, 3.63) is 70.3 Å². The molecule has 8 nitrogen and oxygen atoms in total. The Bertz CT molecular complexity index is 1010. The van der Waals surface area contributed by atoms with E-state index >= 15 is 0 Å². The van der Waals surface area contributed by atoms with Crippen LogP contribution in [0, 0.1) is 13.8 Å². The number of imide groups is 1. The molecule has 3 rings (SSSR count). The number of carbonyl (C=O) groups is 3. The third-order valence-corrected chi connectivity index (χ3v) is 5.28. The van der Waals surface area contributed by atoms with Crippen molar-refractivity contribution in [1.82, 2.24) is 9.80 Å². The predicted molar refractivity (Wildman–Crippen MR) is 112 cm³/mol. The number of nitrogens with two attached hydrogens (primary N) is 1. The number of aryl methyl sites for hydroxylation is 2. The van der Waals surface area contributed by atoms with Crippen molar-refractivity contribution in [2.24, 2.45) is 10.9 Å². The van der Waals surface area contributed by atoms with Gasteiger partial charge in [0.2, 0.25) is 0 Å². The van der Waals surface area contributed by atoms with E-state index in [1.807, 2.05) is 32.0 Å². The smallest absolute Gasteiger partial charge is 0.328 e. The van der Waals surface area contributed by atoms with Gasteiger partial charge in [-0.15, -0.1) is 0 Å². The standard InChI is InChI=1S/C22H24N4O4/c1-14-8-15(2)10-17(9-14)12-26-21(30)25(13-19(27)28)20(29)22(26,3)18-6-4-16(5-7-18)11-24-23/h4-11H,12-13,23H2,1-3H3,(H,27,28)/t22-/m0/s1. The van der Waals surface area contributed by atoms with Crippen LogP contribution in [-0.4, -0.2) is 45.6 Å². The van der Waals surface area contributed by atoms with E-state index in [4.69, 9.17) is 5.84 Å². The van der Waals surface area contributed by atoms with Gasteiger partial charge in [0.15, 0.2) is 0 Å². The van der Waals surface area contributed by atoms with Crippen molar-refractivity contribution in [3.8, 4) is 0 Å². The van der Waals surface area contributed by atoms with Crippen molar-refractivity contribution in [2.45, 2.75) is 32.9 Å². The van der Waals surface area contributed by atoms with Crippen molar-refractivity contribution in [2.75, 3.05) is 6.54 Å². The summed E-state index contributed by atoms with van der Waals surface area (Å²) >= 11 is 0. The summed E-state index contributed by atoms with van der Waals surface area (Å²) in [5, 5.41) is 12.7. The summed E-state index contributed by atoms with van der Waals surface area (Å²) in [5.74, 6) is 3.37. The molecule has 1 fully saturated rings. The topological polar surface area (TPSA) is 116 Å². The number of aliphatic carboxylic acids is 1. The van der Waals surface area contributed by atoms with Gasteiger partial charge in [-0.3, -0.25) is 14.5 Å². The van der Waals surface area contributed by atoms with Crippen LogP contribution < -0.4 is 5.84 Å². The van der Waals surface area contributed by atoms with Crippen LogP contribution in [0.5, 0.6) is 0 Å². The number of hydrazone groups is 1. The van der Waals surface area contributed by atoms with Crippen LogP contribution in [-0.2, 0) is 21.7 Å². The zero-order valence-electron chi connectivity index (χ0n) is 17.1. The second-order valence-corrected chi connectivity index (χ2v) is 7.62. The fourth-order valence-electron chi connectivity index (χ4n) is 3.90. The lowest BCUT2D eigenvalue weighted by molar-refractivity contribution is -0.143. The molecule has 0 radical (unpaired) electrons. The van der Waals surface area contributed by atoms with E-state index in [9.17, 15) is 19.5 Å². The highest BCUT2D eigenvalue weighted by atomic mass is 16.4. The summed E-state index contributed by atoms with van der Waals surface area (Å²) in [5.41, 5.74) is 2.92. The van der Waals surface area contributed by atoms with Crippen molar-refractivity contribution < 1.29 is 19.5 Å². The Hall–Kier alpha value is -3.68. The van der Waals surface area contributed by atoms with Gasteiger partial charge in [0.05, 0.1) is 6.21 Å². The molecule has 30 heavy (non-hydrogen) atoms. The molecule has 1 aliphatic rings. The Kier molecular flexibility index (Phi) is 5.60. The number of urea groups is 1. The minimum Gasteiger partial charge on any atom is -0.480 e. The van der Waals surface area contributed by atoms with Gasteiger partial charge in [-0.2, -0.15) is 5.10 Å². The van der Waals surface area contributed by atoms with E-state index in [1.165, 1.54) is 11.1 Å². The Morgan fingerprint density at radius 1 is 1.13 bits per heavy atom. The molecular formula is C22H24N4O4. The van der Waals surface area contributed by atoms with E-state index in [1.54, 1.807) is 31.2 Å². The largest absolute Gasteiger partial charge is 0.480 e. The highest BCUT2D eigenvalue weighted by Crippen LogP contribution is 2.38. The monoisotopic (exact) mass is 408 g/mol. The minimum absolute atomic E-state index is 0.172. The van der Waals surface area contributed by atoms with Gasteiger partial charge in [-0.25, -0.2) is 4.79 Å². The Balaban J connectivity index is 2.08. The number of carboxylic acids is 1. The molecule has 1 heterocycles. The van der Waals surface area contributed by atoms with Crippen LogP contribution in [0.4, 0.5) is 4.79 Å². The van der Waals surface area contributed by atoms with Crippen molar-refractivity contribution in [1.29, 1.82) is 0 Å². The Morgan fingerprint density at radius 3 is 2.27 bits per heavy atom. The molecule has 2 aromatic carbocycles. The fourth-order valence-corrected chi connectivity index (χ4v) is 3.90. The average molecular weight is 408 g/mol. The van der Waals surface area contributed by atoms with Crippen LogP contribution in [0.3, 0.4) is 0 Å². The Morgan fingerprint density at radius 2 is 1.73 bits per heavy atom. The molecule has 0 unspecified atom stereocenters. The molecule has 3 N–H and O–H groups in total. The SMILES string of the molecule is Cc1cc(C)cc(CN2C(=O)N(CC(=O)O)C(=O)[C@]2(C)c2ccc(C=NN)cc2)c1. The molecule has 1 saturated heterocycles. The average Bonchev–Trinajstić information content (AvgIpc) is 2.84. The highest BCUT2D eigenvalue weighted by molar-refractivity contribution is 6.08. The van der Waals surface area contributed by atoms with Gasteiger partial charge in [-0.05, 0) is 37.5 Å². The van der Waals surface area contributed by atoms with Crippen LogP contribution >= 0.6 is 0 Å². The molecule has 0 spiro atoms. The van der Waals surface area contributed by atoms with Crippen LogP contribution in [0.25, 0.3) is 0 Å². The maximum Gasteiger partial charge on any atom is 0.328 e. The van der Waals surface area contributed by atoms with Crippen LogP contribution in [0.1, 0.15) is 34.7 Å². The number of carbonyl (C=O) groups excluding carboxylic acids is 2. The van der Waals surface area contributed by atoms with E-state index in [0.29, 0.717) is 5.56 Å². The quantitative estimate of drug-likeness (QED) is 0.329. The molecule has 8 heteroatoms. The van der Waals surface area contributed by atoms with E-state index in [2.05, 4.69) is 5.10 Å². The molecule has 1 atom stereocenters. The molecular weight excluding hydrogens is 384 g/mol. The maximum absolute atomic E-state index is 13.3. The minimum atomic E-state index is -1.34. The molecule has 1 aliphatic heterocycles. The third kappa shape index (κ3) is 3.76. The molecule has 0 bridgehead atoms. The first-order chi connectivity index (χ1) is 14.2. The van der Waals surface area contributed by atoms with Crippen LogP contribution in [0.2, 0.25) is 0 Å². The lowest BCUT2D eigenvalue weighted by Gasteiger charge is -2.32. The zero-order valence-corrected chi connectivity index (χ0v) is 17.1. The van der Waals surface area contributed by atoms with Gasteiger partial charge in [-0.1, -0.05) is 53.6 Å². The number of hydrogen-bond acceptors (Lipinski definition) is 5. The maximum atomic E-state index is 13.3. The summed E-state index contributed by atoms with van der Waals surface area (Å²) in [6.45, 7) is 5.05. The molecule has 0 aromatic heterocycles. The number of amides is 3. The third-order valence-electron chi connectivity index (χ3n) is 5.28. The lowest BCUT2D eigenvalue weighted by Crippen LogP contribution is -2.44. The summed E-state index contributed by atoms with van der Waals surface area (Å²) < 4.78 is 0. The van der Waals surface area contributed by atoms with Gasteiger partial charge >= 0.3 is 12.0 Å². The molecule has 2 aromatic rings. The van der Waals surface area contributed by atoms with Gasteiger partial charge in [0.25, 0.3) is 5.91 Å². The van der Waals surface area contributed by atoms with Crippen LogP contribution in [0.15, 0.2) is 47.6 Å². The number of carboxylic acid groups (broad SMARTS) is 1. The number of benzene rings is 2. The second-order valence-electron chi connectivity index (χ2n) is 7.62. The van der Waals surface area contributed by atoms with Gasteiger partial charge in [0, 0.05) is 6.54 Å². The molecule has 156 valence electrons. The first-order valence-electron chi connectivity index (χ1n) is 9.43. The summed E-state index contributed by atoms with van der Waals surface area (Å²) in [6, 6.07) is 12.2. The first kappa shape index (κ1) is 21.0. The fraction of sp³-hybridized carbons (Fsp3) is 0.273. The van der Waals surface area contributed by atoms with Crippen molar-refractivity contribution >= 4 is 24.1 Å².